The molecule has 0 bridgehead atoms. The molecule has 3 aromatic rings. The molecule has 0 saturated heterocycles. The third-order valence-corrected chi connectivity index (χ3v) is 7.48. The largest absolute Gasteiger partial charge is 0.544 e. The molecular weight excluding hydrogens is 466 g/mol. The van der Waals surface area contributed by atoms with E-state index in [1.165, 1.54) is 12.5 Å². The third-order valence-electron chi connectivity index (χ3n) is 6.33. The molecule has 4 rings (SSSR count). The molecule has 184 valence electrons. The predicted molar refractivity (Wildman–Crippen MR) is 132 cm³/mol. The topological polar surface area (TPSA) is 116 Å². The van der Waals surface area contributed by atoms with Gasteiger partial charge in [0.05, 0.1) is 22.7 Å². The number of nitrogens with one attached hydrogen (secondary N) is 1. The number of hydrogen-bond acceptors (Lipinski definition) is 7. The second-order valence-corrected chi connectivity index (χ2v) is 10.3. The van der Waals surface area contributed by atoms with E-state index in [0.717, 1.165) is 42.6 Å². The van der Waals surface area contributed by atoms with Crippen molar-refractivity contribution in [2.75, 3.05) is 10.2 Å². The van der Waals surface area contributed by atoms with Gasteiger partial charge in [0, 0.05) is 22.5 Å². The van der Waals surface area contributed by atoms with Gasteiger partial charge in [-0.1, -0.05) is 19.1 Å². The number of carboxylic acids is 1. The Morgan fingerprint density at radius 2 is 1.83 bits per heavy atom. The van der Waals surface area contributed by atoms with E-state index < -0.39 is 11.9 Å². The second kappa shape index (κ2) is 10.4. The van der Waals surface area contributed by atoms with E-state index in [9.17, 15) is 19.5 Å². The van der Waals surface area contributed by atoms with E-state index in [1.54, 1.807) is 35.2 Å². The van der Waals surface area contributed by atoms with Crippen LogP contribution in [0.25, 0.3) is 10.4 Å². The van der Waals surface area contributed by atoms with E-state index in [0.29, 0.717) is 22.2 Å². The number of carboxylic acid groups (broad SMARTS) is 1. The van der Waals surface area contributed by atoms with Gasteiger partial charge in [0.1, 0.15) is 6.26 Å². The minimum Gasteiger partial charge on any atom is -0.544 e. The summed E-state index contributed by atoms with van der Waals surface area (Å²) < 4.78 is 4.99. The molecule has 9 heteroatoms. The van der Waals surface area contributed by atoms with Gasteiger partial charge in [-0.2, -0.15) is 0 Å². The standard InChI is InChI=1S/C26H29N3O5S/c1-15(2)29(25(31)18-6-4-16(3)5-7-18)20-14-21(35-22(20)26(32)33)17-8-10-19(11-9-17)28-23(30)24-27-12-13-34-24/h8-16,18H,4-7H2,1-3H3,(H,28,30)(H,32,33)/p-1. The van der Waals surface area contributed by atoms with Crippen molar-refractivity contribution in [1.82, 2.24) is 4.98 Å². The Morgan fingerprint density at radius 1 is 1.14 bits per heavy atom. The Kier molecular flexibility index (Phi) is 7.35. The van der Waals surface area contributed by atoms with Crippen molar-refractivity contribution >= 4 is 40.5 Å². The van der Waals surface area contributed by atoms with Gasteiger partial charge < -0.3 is 24.5 Å². The maximum absolute atomic E-state index is 13.5. The van der Waals surface area contributed by atoms with Crippen molar-refractivity contribution in [2.45, 2.75) is 52.5 Å². The number of thiophene rings is 1. The zero-order chi connectivity index (χ0) is 25.1. The van der Waals surface area contributed by atoms with Crippen LogP contribution in [0.15, 0.2) is 47.2 Å². The highest BCUT2D eigenvalue weighted by atomic mass is 32.1. The molecule has 2 aromatic heterocycles. The summed E-state index contributed by atoms with van der Waals surface area (Å²) in [5, 5.41) is 14.7. The summed E-state index contributed by atoms with van der Waals surface area (Å²) in [6.45, 7) is 5.99. The number of oxazole rings is 1. The van der Waals surface area contributed by atoms with Crippen LogP contribution in [0.1, 0.15) is 66.8 Å². The van der Waals surface area contributed by atoms with Crippen molar-refractivity contribution in [3.8, 4) is 10.4 Å². The number of rotatable bonds is 7. The smallest absolute Gasteiger partial charge is 0.311 e. The van der Waals surface area contributed by atoms with Crippen LogP contribution in [0.5, 0.6) is 0 Å². The Labute approximate surface area is 208 Å². The maximum Gasteiger partial charge on any atom is 0.311 e. The number of benzene rings is 1. The number of aromatic nitrogens is 1. The lowest BCUT2D eigenvalue weighted by Gasteiger charge is -2.33. The summed E-state index contributed by atoms with van der Waals surface area (Å²) in [4.78, 5) is 43.8. The van der Waals surface area contributed by atoms with Gasteiger partial charge in [-0.25, -0.2) is 4.98 Å². The van der Waals surface area contributed by atoms with Crippen LogP contribution >= 0.6 is 11.3 Å². The lowest BCUT2D eigenvalue weighted by molar-refractivity contribution is -0.254. The fourth-order valence-corrected chi connectivity index (χ4v) is 5.43. The number of carbonyl (C=O) groups excluding carboxylic acids is 3. The molecule has 0 aliphatic heterocycles. The first-order chi connectivity index (χ1) is 16.7. The summed E-state index contributed by atoms with van der Waals surface area (Å²) in [6.07, 6.45) is 6.36. The molecule has 1 aliphatic carbocycles. The Bertz CT molecular complexity index is 1190. The van der Waals surface area contributed by atoms with E-state index in [1.807, 2.05) is 13.8 Å². The van der Waals surface area contributed by atoms with Crippen LogP contribution in [0.4, 0.5) is 11.4 Å². The highest BCUT2D eigenvalue weighted by molar-refractivity contribution is 7.18. The molecule has 0 atom stereocenters. The van der Waals surface area contributed by atoms with Gasteiger partial charge in [0.25, 0.3) is 5.89 Å². The molecule has 0 unspecified atom stereocenters. The summed E-state index contributed by atoms with van der Waals surface area (Å²) in [5.41, 5.74) is 1.68. The maximum atomic E-state index is 13.5. The number of anilines is 2. The normalized spacial score (nSPS) is 17.8. The average molecular weight is 495 g/mol. The van der Waals surface area contributed by atoms with Gasteiger partial charge in [-0.15, -0.1) is 11.3 Å². The van der Waals surface area contributed by atoms with Crippen LogP contribution in [0, 0.1) is 11.8 Å². The molecule has 1 fully saturated rings. The minimum absolute atomic E-state index is 0.0247. The van der Waals surface area contributed by atoms with E-state index in [4.69, 9.17) is 4.42 Å². The molecule has 1 aromatic carbocycles. The van der Waals surface area contributed by atoms with E-state index in [-0.39, 0.29) is 28.6 Å². The van der Waals surface area contributed by atoms with Gasteiger partial charge in [0.15, 0.2) is 0 Å². The minimum atomic E-state index is -1.30. The SMILES string of the molecule is CC1CCC(C(=O)N(c2cc(-c3ccc(NC(=O)c4ncco4)cc3)sc2C(=O)[O-])C(C)C)CC1. The van der Waals surface area contributed by atoms with Gasteiger partial charge in [0.2, 0.25) is 5.91 Å². The van der Waals surface area contributed by atoms with Gasteiger partial charge >= 0.3 is 5.91 Å². The summed E-state index contributed by atoms with van der Waals surface area (Å²) in [5.74, 6) is -1.32. The van der Waals surface area contributed by atoms with Crippen LogP contribution in [0.2, 0.25) is 0 Å². The highest BCUT2D eigenvalue weighted by Crippen LogP contribution is 2.39. The second-order valence-electron chi connectivity index (χ2n) is 9.24. The number of nitrogens with zero attached hydrogens (tertiary/aromatic N) is 2. The van der Waals surface area contributed by atoms with E-state index in [2.05, 4.69) is 17.2 Å². The molecule has 0 spiro atoms. The van der Waals surface area contributed by atoms with Crippen molar-refractivity contribution in [2.24, 2.45) is 11.8 Å². The fourth-order valence-electron chi connectivity index (χ4n) is 4.44. The fraction of sp³-hybridized carbons (Fsp3) is 0.385. The molecule has 8 nitrogen and oxygen atoms in total. The van der Waals surface area contributed by atoms with Crippen molar-refractivity contribution in [3.63, 3.8) is 0 Å². The molecule has 2 amide bonds. The lowest BCUT2D eigenvalue weighted by Crippen LogP contribution is -2.43. The Hall–Kier alpha value is -3.46. The number of amides is 2. The van der Waals surface area contributed by atoms with E-state index >= 15 is 0 Å². The molecule has 1 N–H and O–H groups in total. The summed E-state index contributed by atoms with van der Waals surface area (Å²) in [6, 6.07) is 8.54. The van der Waals surface area contributed by atoms with Crippen molar-refractivity contribution in [1.29, 1.82) is 0 Å². The quantitative estimate of drug-likeness (QED) is 0.514. The van der Waals surface area contributed by atoms with Crippen LogP contribution in [-0.2, 0) is 4.79 Å². The van der Waals surface area contributed by atoms with Gasteiger partial charge in [-0.05, 0) is 69.2 Å². The molecule has 1 aliphatic rings. The molecular formula is C26H28N3O5S-. The Morgan fingerprint density at radius 3 is 2.40 bits per heavy atom. The Balaban J connectivity index is 1.59. The lowest BCUT2D eigenvalue weighted by atomic mass is 9.82. The monoisotopic (exact) mass is 494 g/mol. The van der Waals surface area contributed by atoms with Crippen LogP contribution in [0.3, 0.4) is 0 Å². The molecule has 35 heavy (non-hydrogen) atoms. The number of aromatic carboxylic acids is 1. The summed E-state index contributed by atoms with van der Waals surface area (Å²) >= 11 is 1.08. The van der Waals surface area contributed by atoms with Gasteiger partial charge in [-0.3, -0.25) is 9.59 Å². The molecule has 0 radical (unpaired) electrons. The first-order valence-corrected chi connectivity index (χ1v) is 12.6. The number of hydrogen-bond donors (Lipinski definition) is 1. The predicted octanol–water partition coefficient (Wildman–Crippen LogP) is 4.59. The van der Waals surface area contributed by atoms with Crippen molar-refractivity contribution in [3.05, 3.63) is 53.6 Å². The zero-order valence-corrected chi connectivity index (χ0v) is 20.8. The van der Waals surface area contributed by atoms with Crippen LogP contribution < -0.4 is 15.3 Å². The van der Waals surface area contributed by atoms with Crippen LogP contribution in [-0.4, -0.2) is 28.8 Å². The first kappa shape index (κ1) is 24.7. The highest BCUT2D eigenvalue weighted by Gasteiger charge is 2.32. The number of carbonyl (C=O) groups is 3. The summed E-state index contributed by atoms with van der Waals surface area (Å²) in [7, 11) is 0. The molecule has 2 heterocycles. The molecule has 1 saturated carbocycles. The zero-order valence-electron chi connectivity index (χ0n) is 19.9. The third kappa shape index (κ3) is 5.45. The first-order valence-electron chi connectivity index (χ1n) is 11.7. The average Bonchev–Trinajstić information content (AvgIpc) is 3.51. The van der Waals surface area contributed by atoms with Crippen molar-refractivity contribution < 1.29 is 23.9 Å².